The zero-order chi connectivity index (χ0) is 21.1. The summed E-state index contributed by atoms with van der Waals surface area (Å²) in [7, 11) is 0. The van der Waals surface area contributed by atoms with Gasteiger partial charge in [-0.1, -0.05) is 0 Å². The summed E-state index contributed by atoms with van der Waals surface area (Å²) < 4.78 is 10.7. The van der Waals surface area contributed by atoms with Crippen LogP contribution in [0.15, 0.2) is 27.7 Å². The lowest BCUT2D eigenvalue weighted by Gasteiger charge is -2.13. The largest absolute Gasteiger partial charge is 0.460 e. The first-order valence-electron chi connectivity index (χ1n) is 8.88. The topological polar surface area (TPSA) is 150 Å². The molecule has 1 aromatic carbocycles. The third kappa shape index (κ3) is 3.93. The van der Waals surface area contributed by atoms with Crippen LogP contribution >= 0.6 is 0 Å². The number of hydrogen-bond acceptors (Lipinski definition) is 9. The normalized spacial score (nSPS) is 14.3. The zero-order valence-electron chi connectivity index (χ0n) is 15.8. The third-order valence-corrected chi connectivity index (χ3v) is 4.49. The summed E-state index contributed by atoms with van der Waals surface area (Å²) in [6.45, 7) is 3.64. The number of hydrazone groups is 1. The molecule has 1 aliphatic rings. The average molecular weight is 402 g/mol. The van der Waals surface area contributed by atoms with Gasteiger partial charge in [0.1, 0.15) is 11.4 Å². The molecule has 1 N–H and O–H groups in total. The van der Waals surface area contributed by atoms with Crippen molar-refractivity contribution in [3.63, 3.8) is 0 Å². The van der Waals surface area contributed by atoms with Crippen LogP contribution in [0.3, 0.4) is 0 Å². The molecule has 0 unspecified atom stereocenters. The zero-order valence-corrected chi connectivity index (χ0v) is 15.8. The Morgan fingerprint density at radius 1 is 1.28 bits per heavy atom. The van der Waals surface area contributed by atoms with Crippen LogP contribution in [0.1, 0.15) is 47.2 Å². The highest BCUT2D eigenvalue weighted by atomic mass is 16.6. The Morgan fingerprint density at radius 3 is 2.69 bits per heavy atom. The molecule has 0 spiro atoms. The number of nitrogens with zero attached hydrogens (tertiary/aromatic N) is 3. The second kappa shape index (κ2) is 8.09. The number of benzene rings is 1. The highest BCUT2D eigenvalue weighted by Gasteiger charge is 2.29. The summed E-state index contributed by atoms with van der Waals surface area (Å²) in [5, 5.41) is 26.4. The molecule has 1 aromatic heterocycles. The molecule has 0 saturated heterocycles. The number of esters is 1. The number of hydrogen-bond donors (Lipinski definition) is 1. The van der Waals surface area contributed by atoms with E-state index in [1.807, 2.05) is 0 Å². The molecule has 3 rings (SSSR count). The lowest BCUT2D eigenvalue weighted by Crippen LogP contribution is -2.13. The predicted molar refractivity (Wildman–Crippen MR) is 102 cm³/mol. The molecule has 0 saturated carbocycles. The van der Waals surface area contributed by atoms with Gasteiger partial charge >= 0.3 is 11.7 Å². The van der Waals surface area contributed by atoms with Crippen molar-refractivity contribution < 1.29 is 23.8 Å². The van der Waals surface area contributed by atoms with Gasteiger partial charge in [0.15, 0.2) is 0 Å². The molecule has 0 aliphatic heterocycles. The Morgan fingerprint density at radius 2 is 2.03 bits per heavy atom. The molecular formula is C18H18N4O7. The van der Waals surface area contributed by atoms with Crippen LogP contribution < -0.4 is 5.43 Å². The van der Waals surface area contributed by atoms with Gasteiger partial charge in [0, 0.05) is 23.6 Å². The second-order valence-electron chi connectivity index (χ2n) is 6.31. The van der Waals surface area contributed by atoms with Gasteiger partial charge in [-0.2, -0.15) is 5.10 Å². The number of non-ortho nitro benzene ring substituents is 1. The molecule has 0 radical (unpaired) electrons. The summed E-state index contributed by atoms with van der Waals surface area (Å²) in [6, 6.07) is 3.26. The molecule has 0 atom stereocenters. The summed E-state index contributed by atoms with van der Waals surface area (Å²) >= 11 is 0. The van der Waals surface area contributed by atoms with Crippen molar-refractivity contribution in [3.8, 4) is 0 Å². The highest BCUT2D eigenvalue weighted by molar-refractivity contribution is 6.06. The van der Waals surface area contributed by atoms with Gasteiger partial charge in [-0.05, 0) is 32.8 Å². The van der Waals surface area contributed by atoms with E-state index in [2.05, 4.69) is 10.5 Å². The van der Waals surface area contributed by atoms with Crippen LogP contribution in [-0.2, 0) is 11.2 Å². The van der Waals surface area contributed by atoms with Gasteiger partial charge in [0.25, 0.3) is 5.69 Å². The minimum absolute atomic E-state index is 0.0204. The van der Waals surface area contributed by atoms with Gasteiger partial charge in [-0.15, -0.1) is 0 Å². The van der Waals surface area contributed by atoms with Crippen molar-refractivity contribution in [2.75, 3.05) is 12.0 Å². The third-order valence-electron chi connectivity index (χ3n) is 4.49. The number of carbonyl (C=O) groups is 1. The molecular weight excluding hydrogens is 384 g/mol. The van der Waals surface area contributed by atoms with Crippen LogP contribution in [0.4, 0.5) is 17.1 Å². The van der Waals surface area contributed by atoms with Crippen molar-refractivity contribution in [1.29, 1.82) is 0 Å². The van der Waals surface area contributed by atoms with E-state index < -0.39 is 21.5 Å². The van der Waals surface area contributed by atoms with E-state index in [1.165, 1.54) is 6.07 Å². The van der Waals surface area contributed by atoms with Crippen molar-refractivity contribution in [1.82, 2.24) is 0 Å². The maximum Gasteiger partial charge on any atom is 0.374 e. The van der Waals surface area contributed by atoms with Gasteiger partial charge in [-0.25, -0.2) is 4.79 Å². The molecule has 1 heterocycles. The number of furan rings is 1. The number of ether oxygens (including phenoxy) is 1. The summed E-state index contributed by atoms with van der Waals surface area (Å²) in [4.78, 5) is 32.8. The summed E-state index contributed by atoms with van der Waals surface area (Å²) in [5.74, 6) is 0.168. The first-order valence-corrected chi connectivity index (χ1v) is 8.88. The molecule has 29 heavy (non-hydrogen) atoms. The van der Waals surface area contributed by atoms with E-state index in [4.69, 9.17) is 9.15 Å². The highest BCUT2D eigenvalue weighted by Crippen LogP contribution is 2.32. The van der Waals surface area contributed by atoms with Crippen LogP contribution in [-0.4, -0.2) is 28.1 Å². The molecule has 0 bridgehead atoms. The van der Waals surface area contributed by atoms with E-state index in [9.17, 15) is 25.0 Å². The number of carbonyl (C=O) groups excluding carboxylic acids is 1. The fourth-order valence-electron chi connectivity index (χ4n) is 3.18. The van der Waals surface area contributed by atoms with Crippen LogP contribution in [0, 0.1) is 27.2 Å². The Kier molecular flexibility index (Phi) is 5.57. The quantitative estimate of drug-likeness (QED) is 0.436. The predicted octanol–water partition coefficient (Wildman–Crippen LogP) is 3.73. The second-order valence-corrected chi connectivity index (χ2v) is 6.31. The van der Waals surface area contributed by atoms with Crippen molar-refractivity contribution in [2.45, 2.75) is 33.1 Å². The van der Waals surface area contributed by atoms with Crippen LogP contribution in [0.2, 0.25) is 0 Å². The molecule has 1 aliphatic carbocycles. The standard InChI is InChI=1S/C18H18N4O7/c1-3-28-18(23)17-10(2)16-13(5-4-6-15(16)29-17)20-19-12-8-7-11(21(24)25)9-14(12)22(26)27/h7-9,19H,3-6H2,1-2H3/b20-13+. The summed E-state index contributed by atoms with van der Waals surface area (Å²) in [6.07, 6.45) is 1.93. The van der Waals surface area contributed by atoms with E-state index in [0.29, 0.717) is 35.4 Å². The fraction of sp³-hybridized carbons (Fsp3) is 0.333. The fourth-order valence-corrected chi connectivity index (χ4v) is 3.18. The van der Waals surface area contributed by atoms with Crippen molar-refractivity contribution in [3.05, 3.63) is 61.1 Å². The Hall–Kier alpha value is -3.76. The number of rotatable bonds is 6. The minimum atomic E-state index is -0.718. The number of aryl methyl sites for hydroxylation is 1. The van der Waals surface area contributed by atoms with E-state index in [-0.39, 0.29) is 23.7 Å². The maximum absolute atomic E-state index is 12.1. The first kappa shape index (κ1) is 20.0. The van der Waals surface area contributed by atoms with Gasteiger partial charge in [0.05, 0.1) is 28.2 Å². The van der Waals surface area contributed by atoms with E-state index in [1.54, 1.807) is 13.8 Å². The molecule has 0 amide bonds. The van der Waals surface area contributed by atoms with E-state index >= 15 is 0 Å². The SMILES string of the molecule is CCOC(=O)c1oc2c(c1C)/C(=N/Nc1ccc([N+](=O)[O-])cc1[N+](=O)[O-])CCC2. The Bertz CT molecular complexity index is 1030. The maximum atomic E-state index is 12.1. The summed E-state index contributed by atoms with van der Waals surface area (Å²) in [5.41, 5.74) is 3.65. The lowest BCUT2D eigenvalue weighted by molar-refractivity contribution is -0.393. The Balaban J connectivity index is 1.95. The molecule has 11 nitrogen and oxygen atoms in total. The number of nitro benzene ring substituents is 2. The minimum Gasteiger partial charge on any atom is -0.460 e. The monoisotopic (exact) mass is 402 g/mol. The number of anilines is 1. The lowest BCUT2D eigenvalue weighted by atomic mass is 9.93. The van der Waals surface area contributed by atoms with Crippen LogP contribution in [0.25, 0.3) is 0 Å². The smallest absolute Gasteiger partial charge is 0.374 e. The molecule has 2 aromatic rings. The number of nitro groups is 2. The Labute approximate surface area is 164 Å². The van der Waals surface area contributed by atoms with Gasteiger partial charge in [0.2, 0.25) is 5.76 Å². The van der Waals surface area contributed by atoms with E-state index in [0.717, 1.165) is 18.6 Å². The van der Waals surface area contributed by atoms with Crippen molar-refractivity contribution >= 4 is 28.7 Å². The first-order chi connectivity index (χ1) is 13.8. The molecule has 152 valence electrons. The van der Waals surface area contributed by atoms with Crippen molar-refractivity contribution in [2.24, 2.45) is 5.10 Å². The van der Waals surface area contributed by atoms with Crippen LogP contribution in [0.5, 0.6) is 0 Å². The van der Waals surface area contributed by atoms with Gasteiger partial charge < -0.3 is 9.15 Å². The van der Waals surface area contributed by atoms with Gasteiger partial charge in [-0.3, -0.25) is 25.7 Å². The molecule has 11 heteroatoms. The average Bonchev–Trinajstić information content (AvgIpc) is 3.03. The molecule has 0 fully saturated rings. The number of nitrogens with one attached hydrogen (secondary N) is 1. The number of fused-ring (bicyclic) bond motifs is 1.